The summed E-state index contributed by atoms with van der Waals surface area (Å²) < 4.78 is 86.1. The fraction of sp³-hybridized carbons (Fsp3) is 0.323. The summed E-state index contributed by atoms with van der Waals surface area (Å²) in [5.74, 6) is 1.72. The number of sulfonamides is 1. The SMILES string of the molecule is COc1cc2c(Oc3cccc(NS(=O)(=O)c4ccccc4C(F)(F)F)c3)ccnc2cc1OCCCN1CCN(C)CC1. The van der Waals surface area contributed by atoms with Crippen LogP contribution in [0, 0.1) is 0 Å². The number of nitrogens with one attached hydrogen (secondary N) is 1. The lowest BCUT2D eigenvalue weighted by Gasteiger charge is -2.32. The van der Waals surface area contributed by atoms with Gasteiger partial charge in [-0.3, -0.25) is 9.71 Å². The molecule has 44 heavy (non-hydrogen) atoms. The standard InChI is InChI=1S/C31H33F3N4O5S/c1-37-14-16-38(17-15-37)13-6-18-42-29-21-26-24(20-28(29)41-2)27(11-12-35-26)43-23-8-5-7-22(19-23)36-44(39,40)30-10-4-3-9-25(30)31(32,33)34/h3-5,7-12,19-21,36H,6,13-18H2,1-2H3. The Balaban J connectivity index is 1.30. The molecular formula is C31H33F3N4O5S. The number of rotatable bonds is 11. The summed E-state index contributed by atoms with van der Waals surface area (Å²) in [6.07, 6.45) is -2.40. The number of piperazine rings is 1. The first-order valence-corrected chi connectivity index (χ1v) is 15.5. The number of fused-ring (bicyclic) bond motifs is 1. The molecular weight excluding hydrogens is 597 g/mol. The van der Waals surface area contributed by atoms with Gasteiger partial charge in [0.15, 0.2) is 11.5 Å². The molecule has 0 atom stereocenters. The van der Waals surface area contributed by atoms with Crippen LogP contribution in [0.5, 0.6) is 23.0 Å². The fourth-order valence-corrected chi connectivity index (χ4v) is 6.21. The molecule has 1 aromatic heterocycles. The molecule has 0 amide bonds. The van der Waals surface area contributed by atoms with Crippen LogP contribution in [0.25, 0.3) is 10.9 Å². The van der Waals surface area contributed by atoms with Crippen LogP contribution in [0.4, 0.5) is 18.9 Å². The van der Waals surface area contributed by atoms with Crippen molar-refractivity contribution in [1.82, 2.24) is 14.8 Å². The molecule has 1 aliphatic rings. The number of halogens is 3. The van der Waals surface area contributed by atoms with Crippen molar-refractivity contribution in [2.45, 2.75) is 17.5 Å². The van der Waals surface area contributed by atoms with Crippen molar-refractivity contribution in [3.05, 3.63) is 78.5 Å². The maximum absolute atomic E-state index is 13.5. The summed E-state index contributed by atoms with van der Waals surface area (Å²) in [5.41, 5.74) is -0.629. The van der Waals surface area contributed by atoms with Crippen molar-refractivity contribution in [3.63, 3.8) is 0 Å². The van der Waals surface area contributed by atoms with E-state index >= 15 is 0 Å². The zero-order chi connectivity index (χ0) is 31.3. The molecule has 0 unspecified atom stereocenters. The van der Waals surface area contributed by atoms with E-state index in [4.69, 9.17) is 14.2 Å². The van der Waals surface area contributed by atoms with Gasteiger partial charge in [-0.15, -0.1) is 0 Å². The van der Waals surface area contributed by atoms with Gasteiger partial charge in [0.2, 0.25) is 0 Å². The molecule has 5 rings (SSSR count). The number of anilines is 1. The Hall–Kier alpha value is -4.07. The van der Waals surface area contributed by atoms with Crippen LogP contribution in [-0.2, 0) is 16.2 Å². The van der Waals surface area contributed by atoms with Crippen LogP contribution in [0.2, 0.25) is 0 Å². The molecule has 2 heterocycles. The van der Waals surface area contributed by atoms with Gasteiger partial charge in [-0.2, -0.15) is 13.2 Å². The summed E-state index contributed by atoms with van der Waals surface area (Å²) in [6, 6.07) is 15.1. The summed E-state index contributed by atoms with van der Waals surface area (Å²) in [6.45, 7) is 5.68. The maximum atomic E-state index is 13.5. The topological polar surface area (TPSA) is 93.2 Å². The third-order valence-electron chi connectivity index (χ3n) is 7.26. The van der Waals surface area contributed by atoms with Gasteiger partial charge in [-0.1, -0.05) is 18.2 Å². The van der Waals surface area contributed by atoms with Gasteiger partial charge in [-0.25, -0.2) is 8.42 Å². The highest BCUT2D eigenvalue weighted by Gasteiger charge is 2.37. The van der Waals surface area contributed by atoms with E-state index in [1.165, 1.54) is 24.3 Å². The molecule has 1 saturated heterocycles. The third kappa shape index (κ3) is 7.52. The lowest BCUT2D eigenvalue weighted by atomic mass is 10.1. The molecule has 0 saturated carbocycles. The molecule has 1 fully saturated rings. The summed E-state index contributed by atoms with van der Waals surface area (Å²) in [4.78, 5) is 8.31. The van der Waals surface area contributed by atoms with Gasteiger partial charge in [0.25, 0.3) is 10.0 Å². The molecule has 4 aromatic rings. The Labute approximate surface area is 254 Å². The molecule has 234 valence electrons. The molecule has 0 radical (unpaired) electrons. The Bertz CT molecular complexity index is 1710. The Morgan fingerprint density at radius 3 is 2.45 bits per heavy atom. The largest absolute Gasteiger partial charge is 0.493 e. The zero-order valence-corrected chi connectivity index (χ0v) is 25.1. The van der Waals surface area contributed by atoms with Crippen molar-refractivity contribution in [2.24, 2.45) is 0 Å². The van der Waals surface area contributed by atoms with Crippen molar-refractivity contribution < 1.29 is 35.8 Å². The molecule has 3 aromatic carbocycles. The average molecular weight is 631 g/mol. The number of ether oxygens (including phenoxy) is 3. The van der Waals surface area contributed by atoms with Crippen molar-refractivity contribution in [2.75, 3.05) is 58.2 Å². The van der Waals surface area contributed by atoms with Crippen LogP contribution in [0.1, 0.15) is 12.0 Å². The van der Waals surface area contributed by atoms with Gasteiger partial charge in [0, 0.05) is 56.4 Å². The smallest absolute Gasteiger partial charge is 0.417 e. The maximum Gasteiger partial charge on any atom is 0.417 e. The number of hydrogen-bond donors (Lipinski definition) is 1. The minimum Gasteiger partial charge on any atom is -0.493 e. The number of methoxy groups -OCH3 is 1. The lowest BCUT2D eigenvalue weighted by Crippen LogP contribution is -2.44. The molecule has 9 nitrogen and oxygen atoms in total. The lowest BCUT2D eigenvalue weighted by molar-refractivity contribution is -0.139. The summed E-state index contributed by atoms with van der Waals surface area (Å²) in [7, 11) is -0.882. The molecule has 0 aliphatic carbocycles. The van der Waals surface area contributed by atoms with Gasteiger partial charge in [0.1, 0.15) is 11.5 Å². The molecule has 1 N–H and O–H groups in total. The van der Waals surface area contributed by atoms with Crippen LogP contribution in [0.3, 0.4) is 0 Å². The molecule has 13 heteroatoms. The number of pyridine rings is 1. The zero-order valence-electron chi connectivity index (χ0n) is 24.3. The van der Waals surface area contributed by atoms with E-state index in [1.54, 1.807) is 37.6 Å². The highest BCUT2D eigenvalue weighted by molar-refractivity contribution is 7.92. The molecule has 0 spiro atoms. The highest BCUT2D eigenvalue weighted by Crippen LogP contribution is 2.38. The van der Waals surface area contributed by atoms with E-state index < -0.39 is 26.7 Å². The number of nitrogens with zero attached hydrogens (tertiary/aromatic N) is 3. The average Bonchev–Trinajstić information content (AvgIpc) is 2.99. The van der Waals surface area contributed by atoms with Crippen molar-refractivity contribution in [1.29, 1.82) is 0 Å². The predicted octanol–water partition coefficient (Wildman–Crippen LogP) is 5.87. The third-order valence-corrected chi connectivity index (χ3v) is 8.69. The van der Waals surface area contributed by atoms with E-state index in [9.17, 15) is 21.6 Å². The Morgan fingerprint density at radius 2 is 1.70 bits per heavy atom. The number of alkyl halides is 3. The summed E-state index contributed by atoms with van der Waals surface area (Å²) in [5, 5.41) is 0.624. The first-order valence-electron chi connectivity index (χ1n) is 14.0. The van der Waals surface area contributed by atoms with Crippen molar-refractivity contribution >= 4 is 26.6 Å². The second-order valence-electron chi connectivity index (χ2n) is 10.4. The normalized spacial score (nSPS) is 14.8. The minimum absolute atomic E-state index is 0.0303. The van der Waals surface area contributed by atoms with E-state index in [0.717, 1.165) is 57.3 Å². The van der Waals surface area contributed by atoms with Gasteiger partial charge in [0.05, 0.1) is 35.4 Å². The number of benzene rings is 3. The first-order chi connectivity index (χ1) is 21.0. The van der Waals surface area contributed by atoms with Crippen LogP contribution in [-0.4, -0.2) is 76.7 Å². The van der Waals surface area contributed by atoms with E-state index in [2.05, 4.69) is 26.6 Å². The Morgan fingerprint density at radius 1 is 0.932 bits per heavy atom. The fourth-order valence-electron chi connectivity index (χ4n) is 4.93. The quantitative estimate of drug-likeness (QED) is 0.206. The van der Waals surface area contributed by atoms with Gasteiger partial charge < -0.3 is 24.0 Å². The number of likely N-dealkylation sites (N-methyl/N-ethyl adjacent to an activating group) is 1. The highest BCUT2D eigenvalue weighted by atomic mass is 32.2. The van der Waals surface area contributed by atoms with Crippen molar-refractivity contribution in [3.8, 4) is 23.0 Å². The van der Waals surface area contributed by atoms with E-state index in [-0.39, 0.29) is 11.4 Å². The van der Waals surface area contributed by atoms with Crippen LogP contribution < -0.4 is 18.9 Å². The summed E-state index contributed by atoms with van der Waals surface area (Å²) >= 11 is 0. The first kappa shape index (κ1) is 31.4. The number of hydrogen-bond acceptors (Lipinski definition) is 8. The molecule has 0 bridgehead atoms. The second kappa shape index (κ2) is 13.3. The van der Waals surface area contributed by atoms with E-state index in [0.29, 0.717) is 34.8 Å². The molecule has 1 aliphatic heterocycles. The Kier molecular flexibility index (Phi) is 9.47. The monoisotopic (exact) mass is 630 g/mol. The predicted molar refractivity (Wildman–Crippen MR) is 161 cm³/mol. The van der Waals surface area contributed by atoms with Gasteiger partial charge in [-0.05, 0) is 49.9 Å². The van der Waals surface area contributed by atoms with E-state index in [1.807, 2.05) is 0 Å². The van der Waals surface area contributed by atoms with Crippen LogP contribution >= 0.6 is 0 Å². The van der Waals surface area contributed by atoms with Gasteiger partial charge >= 0.3 is 6.18 Å². The number of aromatic nitrogens is 1. The minimum atomic E-state index is -4.84. The second-order valence-corrected chi connectivity index (χ2v) is 12.1. The van der Waals surface area contributed by atoms with Crippen LogP contribution in [0.15, 0.2) is 77.8 Å².